The normalized spacial score (nSPS) is 10.4. The summed E-state index contributed by atoms with van der Waals surface area (Å²) in [7, 11) is 0. The maximum Gasteiger partial charge on any atom is 0.330 e. The quantitative estimate of drug-likeness (QED) is 0.775. The topological polar surface area (TPSA) is 54.9 Å². The Hall–Kier alpha value is -2.10. The molecule has 4 heteroatoms. The number of imidazole rings is 1. The van der Waals surface area contributed by atoms with Crippen LogP contribution in [0.15, 0.2) is 29.1 Å². The molecule has 0 bridgehead atoms. The smallest absolute Gasteiger partial charge is 0.310 e. The predicted octanol–water partition coefficient (Wildman–Crippen LogP) is 1.59. The molecule has 0 saturated heterocycles. The van der Waals surface area contributed by atoms with Gasteiger partial charge in [0.2, 0.25) is 0 Å². The third kappa shape index (κ3) is 1.58. The second-order valence-corrected chi connectivity index (χ2v) is 3.69. The number of benzene rings is 1. The van der Waals surface area contributed by atoms with E-state index in [1.54, 1.807) is 28.8 Å². The third-order valence-electron chi connectivity index (χ3n) is 2.66. The van der Waals surface area contributed by atoms with Gasteiger partial charge < -0.3 is 4.98 Å². The number of rotatable bonds is 2. The molecular weight excluding hydrogens is 204 g/mol. The standard InChI is InChI=1S/C12H12N2O2/c1-8-9(2)14(12(16)13-8)11-5-3-10(7-15)4-6-11/h3-7H,1-2H3,(H,13,16). The van der Waals surface area contributed by atoms with Crippen molar-refractivity contribution in [3.05, 3.63) is 51.7 Å². The van der Waals surface area contributed by atoms with Gasteiger partial charge >= 0.3 is 5.69 Å². The first-order chi connectivity index (χ1) is 7.63. The number of H-pyrrole nitrogens is 1. The summed E-state index contributed by atoms with van der Waals surface area (Å²) in [6, 6.07) is 6.89. The summed E-state index contributed by atoms with van der Waals surface area (Å²) in [5.41, 5.74) is 2.93. The lowest BCUT2D eigenvalue weighted by molar-refractivity contribution is 0.112. The van der Waals surface area contributed by atoms with E-state index >= 15 is 0 Å². The molecule has 0 saturated carbocycles. The number of carbonyl (C=O) groups excluding carboxylic acids is 1. The highest BCUT2D eigenvalue weighted by Gasteiger charge is 2.07. The Balaban J connectivity index is 2.58. The largest absolute Gasteiger partial charge is 0.330 e. The summed E-state index contributed by atoms with van der Waals surface area (Å²) < 4.78 is 1.59. The molecule has 2 aromatic rings. The van der Waals surface area contributed by atoms with E-state index in [0.29, 0.717) is 5.56 Å². The lowest BCUT2D eigenvalue weighted by Gasteiger charge is -2.04. The van der Waals surface area contributed by atoms with E-state index in [1.165, 1.54) is 0 Å². The van der Waals surface area contributed by atoms with Crippen LogP contribution < -0.4 is 5.69 Å². The number of hydrogen-bond acceptors (Lipinski definition) is 2. The number of aromatic amines is 1. The van der Waals surface area contributed by atoms with E-state index in [-0.39, 0.29) is 5.69 Å². The maximum absolute atomic E-state index is 11.7. The Morgan fingerprint density at radius 2 is 1.81 bits per heavy atom. The molecule has 0 aliphatic heterocycles. The van der Waals surface area contributed by atoms with Crippen LogP contribution >= 0.6 is 0 Å². The van der Waals surface area contributed by atoms with Crippen LogP contribution in [0.5, 0.6) is 0 Å². The van der Waals surface area contributed by atoms with Crippen LogP contribution in [0, 0.1) is 13.8 Å². The van der Waals surface area contributed by atoms with Gasteiger partial charge in [-0.1, -0.05) is 0 Å². The fraction of sp³-hybridized carbons (Fsp3) is 0.167. The molecule has 82 valence electrons. The van der Waals surface area contributed by atoms with Crippen molar-refractivity contribution < 1.29 is 4.79 Å². The fourth-order valence-corrected chi connectivity index (χ4v) is 1.64. The highest BCUT2D eigenvalue weighted by molar-refractivity contribution is 5.75. The molecule has 1 aromatic carbocycles. The molecule has 4 nitrogen and oxygen atoms in total. The lowest BCUT2D eigenvalue weighted by Crippen LogP contribution is -2.15. The molecule has 16 heavy (non-hydrogen) atoms. The second-order valence-electron chi connectivity index (χ2n) is 3.69. The minimum Gasteiger partial charge on any atom is -0.310 e. The third-order valence-corrected chi connectivity index (χ3v) is 2.66. The zero-order chi connectivity index (χ0) is 11.7. The Morgan fingerprint density at radius 3 is 2.25 bits per heavy atom. The minimum absolute atomic E-state index is 0.158. The first-order valence-corrected chi connectivity index (χ1v) is 4.97. The van der Waals surface area contributed by atoms with Crippen LogP contribution in [0.1, 0.15) is 21.7 Å². The number of nitrogens with zero attached hydrogens (tertiary/aromatic N) is 1. The van der Waals surface area contributed by atoms with Crippen molar-refractivity contribution in [3.63, 3.8) is 0 Å². The highest BCUT2D eigenvalue weighted by atomic mass is 16.1. The van der Waals surface area contributed by atoms with E-state index in [0.717, 1.165) is 23.4 Å². The van der Waals surface area contributed by atoms with Crippen LogP contribution in [-0.2, 0) is 0 Å². The van der Waals surface area contributed by atoms with Gasteiger partial charge in [0.1, 0.15) is 6.29 Å². The summed E-state index contributed by atoms with van der Waals surface area (Å²) in [5.74, 6) is 0. The number of aryl methyl sites for hydroxylation is 1. The van der Waals surface area contributed by atoms with Crippen molar-refractivity contribution in [3.8, 4) is 5.69 Å². The highest BCUT2D eigenvalue weighted by Crippen LogP contribution is 2.11. The van der Waals surface area contributed by atoms with E-state index in [2.05, 4.69) is 4.98 Å². The van der Waals surface area contributed by atoms with Gasteiger partial charge in [0, 0.05) is 17.0 Å². The first kappa shape index (κ1) is 10.4. The van der Waals surface area contributed by atoms with Gasteiger partial charge in [-0.2, -0.15) is 0 Å². The van der Waals surface area contributed by atoms with Gasteiger partial charge in [-0.05, 0) is 38.1 Å². The Kier molecular flexibility index (Phi) is 2.48. The fourth-order valence-electron chi connectivity index (χ4n) is 1.64. The molecule has 0 unspecified atom stereocenters. The SMILES string of the molecule is Cc1[nH]c(=O)n(-c2ccc(C=O)cc2)c1C. The number of nitrogens with one attached hydrogen (secondary N) is 1. The van der Waals surface area contributed by atoms with E-state index in [1.807, 2.05) is 13.8 Å². The van der Waals surface area contributed by atoms with Crippen molar-refractivity contribution in [2.24, 2.45) is 0 Å². The molecule has 0 amide bonds. The molecule has 0 atom stereocenters. The molecule has 1 aromatic heterocycles. The molecule has 1 N–H and O–H groups in total. The van der Waals surface area contributed by atoms with E-state index < -0.39 is 0 Å². The summed E-state index contributed by atoms with van der Waals surface area (Å²) in [6.45, 7) is 3.73. The molecule has 0 aliphatic carbocycles. The van der Waals surface area contributed by atoms with Crippen LogP contribution in [0.4, 0.5) is 0 Å². The maximum atomic E-state index is 11.7. The van der Waals surface area contributed by atoms with Crippen LogP contribution in [0.25, 0.3) is 5.69 Å². The summed E-state index contributed by atoms with van der Waals surface area (Å²) >= 11 is 0. The van der Waals surface area contributed by atoms with Gasteiger partial charge in [-0.15, -0.1) is 0 Å². The molecule has 2 rings (SSSR count). The minimum atomic E-state index is -0.158. The van der Waals surface area contributed by atoms with Gasteiger partial charge in [0.25, 0.3) is 0 Å². The molecule has 0 aliphatic rings. The summed E-state index contributed by atoms with van der Waals surface area (Å²) in [5, 5.41) is 0. The lowest BCUT2D eigenvalue weighted by atomic mass is 10.2. The molecule has 0 radical (unpaired) electrons. The van der Waals surface area contributed by atoms with Crippen molar-refractivity contribution in [1.82, 2.24) is 9.55 Å². The van der Waals surface area contributed by atoms with Crippen molar-refractivity contribution in [2.75, 3.05) is 0 Å². The molecular formula is C12H12N2O2. The average Bonchev–Trinajstić information content (AvgIpc) is 2.54. The number of aromatic nitrogens is 2. The van der Waals surface area contributed by atoms with Gasteiger partial charge in [-0.3, -0.25) is 9.36 Å². The number of aldehydes is 1. The van der Waals surface area contributed by atoms with Crippen molar-refractivity contribution in [1.29, 1.82) is 0 Å². The Morgan fingerprint density at radius 1 is 1.19 bits per heavy atom. The van der Waals surface area contributed by atoms with Crippen molar-refractivity contribution in [2.45, 2.75) is 13.8 Å². The van der Waals surface area contributed by atoms with Gasteiger partial charge in [0.05, 0.1) is 5.69 Å². The molecule has 0 spiro atoms. The van der Waals surface area contributed by atoms with E-state index in [4.69, 9.17) is 0 Å². The second kappa shape index (κ2) is 3.81. The van der Waals surface area contributed by atoms with Crippen molar-refractivity contribution >= 4 is 6.29 Å². The Bertz CT molecular complexity index is 576. The number of carbonyl (C=O) groups is 1. The average molecular weight is 216 g/mol. The van der Waals surface area contributed by atoms with Crippen LogP contribution in [0.3, 0.4) is 0 Å². The van der Waals surface area contributed by atoms with Gasteiger partial charge in [0.15, 0.2) is 0 Å². The molecule has 1 heterocycles. The van der Waals surface area contributed by atoms with Crippen LogP contribution in [0.2, 0.25) is 0 Å². The van der Waals surface area contributed by atoms with Crippen LogP contribution in [-0.4, -0.2) is 15.8 Å². The van der Waals surface area contributed by atoms with Gasteiger partial charge in [-0.25, -0.2) is 4.79 Å². The summed E-state index contributed by atoms with van der Waals surface area (Å²) in [6.07, 6.45) is 0.780. The zero-order valence-electron chi connectivity index (χ0n) is 9.15. The first-order valence-electron chi connectivity index (χ1n) is 4.97. The monoisotopic (exact) mass is 216 g/mol. The molecule has 0 fully saturated rings. The predicted molar refractivity (Wildman–Crippen MR) is 61.3 cm³/mol. The summed E-state index contributed by atoms with van der Waals surface area (Å²) in [4.78, 5) is 24.9. The Labute approximate surface area is 92.5 Å². The zero-order valence-corrected chi connectivity index (χ0v) is 9.15. The number of hydrogen-bond donors (Lipinski definition) is 1. The van der Waals surface area contributed by atoms with E-state index in [9.17, 15) is 9.59 Å².